The van der Waals surface area contributed by atoms with Crippen molar-refractivity contribution in [1.82, 2.24) is 4.90 Å². The molecule has 1 aromatic carbocycles. The number of allylic oxidation sites excluding steroid dienone is 1. The number of nitrogens with one attached hydrogen (secondary N) is 1. The Labute approximate surface area is 179 Å². The molecule has 1 fully saturated rings. The van der Waals surface area contributed by atoms with Gasteiger partial charge in [0.05, 0.1) is 12.2 Å². The van der Waals surface area contributed by atoms with Crippen molar-refractivity contribution in [1.29, 1.82) is 5.41 Å². The Hall–Kier alpha value is -2.06. The number of alkyl halides is 3. The molecule has 0 saturated heterocycles. The van der Waals surface area contributed by atoms with Gasteiger partial charge in [-0.2, -0.15) is 13.2 Å². The van der Waals surface area contributed by atoms with Gasteiger partial charge in [-0.1, -0.05) is 29.8 Å². The smallest absolute Gasteiger partial charge is 0.395 e. The van der Waals surface area contributed by atoms with Crippen LogP contribution in [0.2, 0.25) is 5.02 Å². The fraction of sp³-hybridized carbons (Fsp3) is 0.524. The molecule has 30 heavy (non-hydrogen) atoms. The van der Waals surface area contributed by atoms with Gasteiger partial charge in [0, 0.05) is 17.6 Å². The standard InChI is InChI=1S/C21H27ClF3N3O2/c1-13(2)30-16-9-7-15(8-10-16)28(12-14-5-3-4-6-17(14)22)20(29)18(26)11-19(27)21(23,24)25/h3-6,11,13,15-16,26H,7-10,12,27H2,1-2H3. The highest BCUT2D eigenvalue weighted by molar-refractivity contribution is 6.42. The molecular formula is C21H27ClF3N3O2. The monoisotopic (exact) mass is 445 g/mol. The van der Waals surface area contributed by atoms with Gasteiger partial charge in [0.15, 0.2) is 0 Å². The molecule has 166 valence electrons. The Morgan fingerprint density at radius 2 is 1.90 bits per heavy atom. The molecule has 0 spiro atoms. The molecule has 1 saturated carbocycles. The van der Waals surface area contributed by atoms with E-state index in [9.17, 15) is 18.0 Å². The molecule has 2 rings (SSSR count). The third kappa shape index (κ3) is 6.74. The molecule has 9 heteroatoms. The van der Waals surface area contributed by atoms with Gasteiger partial charge in [0.25, 0.3) is 5.91 Å². The van der Waals surface area contributed by atoms with Crippen LogP contribution in [0.5, 0.6) is 0 Å². The second-order valence-corrected chi connectivity index (χ2v) is 8.06. The van der Waals surface area contributed by atoms with Crippen LogP contribution in [0, 0.1) is 5.41 Å². The van der Waals surface area contributed by atoms with Crippen LogP contribution >= 0.6 is 11.6 Å². The third-order valence-corrected chi connectivity index (χ3v) is 5.33. The minimum Gasteiger partial charge on any atom is -0.395 e. The number of nitrogens with zero attached hydrogens (tertiary/aromatic N) is 1. The van der Waals surface area contributed by atoms with E-state index in [0.717, 1.165) is 12.8 Å². The largest absolute Gasteiger partial charge is 0.430 e. The lowest BCUT2D eigenvalue weighted by molar-refractivity contribution is -0.128. The van der Waals surface area contributed by atoms with Crippen molar-refractivity contribution in [2.24, 2.45) is 5.73 Å². The summed E-state index contributed by atoms with van der Waals surface area (Å²) in [5, 5.41) is 8.35. The normalized spacial score (nSPS) is 20.3. The summed E-state index contributed by atoms with van der Waals surface area (Å²) in [6, 6.07) is 6.71. The number of hydrogen-bond donors (Lipinski definition) is 2. The molecule has 0 radical (unpaired) electrons. The average Bonchev–Trinajstić information content (AvgIpc) is 2.66. The van der Waals surface area contributed by atoms with Gasteiger partial charge in [-0.15, -0.1) is 0 Å². The van der Waals surface area contributed by atoms with Crippen molar-refractivity contribution in [3.63, 3.8) is 0 Å². The molecule has 1 aliphatic carbocycles. The SMILES string of the molecule is CC(C)OC1CCC(N(Cc2ccccc2Cl)C(=O)C(=N)C=C(N)C(F)(F)F)CC1. The Kier molecular flexibility index (Phi) is 8.32. The summed E-state index contributed by atoms with van der Waals surface area (Å²) in [6.07, 6.45) is -1.55. The summed E-state index contributed by atoms with van der Waals surface area (Å²) in [6.45, 7) is 4.01. The Morgan fingerprint density at radius 3 is 2.43 bits per heavy atom. The summed E-state index contributed by atoms with van der Waals surface area (Å²) >= 11 is 6.22. The number of benzene rings is 1. The average molecular weight is 446 g/mol. The zero-order valence-electron chi connectivity index (χ0n) is 17.0. The summed E-state index contributed by atoms with van der Waals surface area (Å²) in [5.74, 6) is -0.810. The lowest BCUT2D eigenvalue weighted by Crippen LogP contribution is -2.45. The maximum atomic E-state index is 12.9. The van der Waals surface area contributed by atoms with E-state index in [1.54, 1.807) is 24.3 Å². The van der Waals surface area contributed by atoms with Crippen molar-refractivity contribution in [2.45, 2.75) is 70.5 Å². The molecule has 5 nitrogen and oxygen atoms in total. The van der Waals surface area contributed by atoms with Crippen molar-refractivity contribution >= 4 is 23.2 Å². The molecule has 1 aromatic rings. The predicted molar refractivity (Wildman–Crippen MR) is 110 cm³/mol. The van der Waals surface area contributed by atoms with Crippen LogP contribution in [0.4, 0.5) is 13.2 Å². The van der Waals surface area contributed by atoms with Gasteiger partial charge >= 0.3 is 6.18 Å². The van der Waals surface area contributed by atoms with E-state index < -0.39 is 23.5 Å². The molecule has 0 aliphatic heterocycles. The van der Waals surface area contributed by atoms with E-state index in [1.165, 1.54) is 4.90 Å². The van der Waals surface area contributed by atoms with Crippen molar-refractivity contribution < 1.29 is 22.7 Å². The number of rotatable bonds is 7. The van der Waals surface area contributed by atoms with Gasteiger partial charge in [-0.05, 0) is 57.2 Å². The van der Waals surface area contributed by atoms with E-state index in [0.29, 0.717) is 29.5 Å². The number of hydrogen-bond acceptors (Lipinski definition) is 4. The summed E-state index contributed by atoms with van der Waals surface area (Å²) in [7, 11) is 0. The first-order valence-electron chi connectivity index (χ1n) is 9.81. The molecule has 0 heterocycles. The molecule has 3 N–H and O–H groups in total. The molecule has 1 aliphatic rings. The van der Waals surface area contributed by atoms with Crippen LogP contribution in [0.3, 0.4) is 0 Å². The topological polar surface area (TPSA) is 79.4 Å². The maximum Gasteiger partial charge on any atom is 0.430 e. The van der Waals surface area contributed by atoms with Crippen LogP contribution in [-0.2, 0) is 16.1 Å². The van der Waals surface area contributed by atoms with Crippen LogP contribution in [0.1, 0.15) is 45.1 Å². The highest BCUT2D eigenvalue weighted by atomic mass is 35.5. The molecule has 0 unspecified atom stereocenters. The number of ether oxygens (including phenoxy) is 1. The van der Waals surface area contributed by atoms with Gasteiger partial charge < -0.3 is 15.4 Å². The molecule has 0 bridgehead atoms. The lowest BCUT2D eigenvalue weighted by atomic mass is 9.91. The van der Waals surface area contributed by atoms with Crippen LogP contribution < -0.4 is 5.73 Å². The zero-order valence-corrected chi connectivity index (χ0v) is 17.8. The number of carbonyl (C=O) groups is 1. The highest BCUT2D eigenvalue weighted by Crippen LogP contribution is 2.29. The highest BCUT2D eigenvalue weighted by Gasteiger charge is 2.34. The predicted octanol–water partition coefficient (Wildman–Crippen LogP) is 4.83. The first kappa shape index (κ1) is 24.2. The van der Waals surface area contributed by atoms with Gasteiger partial charge in [0.2, 0.25) is 0 Å². The Bertz CT molecular complexity index is 788. The molecular weight excluding hydrogens is 419 g/mol. The lowest BCUT2D eigenvalue weighted by Gasteiger charge is -2.37. The molecule has 0 aromatic heterocycles. The van der Waals surface area contributed by atoms with Crippen LogP contribution in [0.15, 0.2) is 36.0 Å². The number of halogens is 4. The van der Waals surface area contributed by atoms with E-state index in [4.69, 9.17) is 27.5 Å². The van der Waals surface area contributed by atoms with E-state index in [1.807, 2.05) is 13.8 Å². The fourth-order valence-electron chi connectivity index (χ4n) is 3.51. The van der Waals surface area contributed by atoms with Crippen LogP contribution in [0.25, 0.3) is 0 Å². The second-order valence-electron chi connectivity index (χ2n) is 7.65. The number of amides is 1. The zero-order chi connectivity index (χ0) is 22.5. The Balaban J connectivity index is 2.22. The second kappa shape index (κ2) is 10.3. The number of nitrogens with two attached hydrogens (primary N) is 1. The van der Waals surface area contributed by atoms with Crippen molar-refractivity contribution in [3.05, 3.63) is 46.6 Å². The van der Waals surface area contributed by atoms with Gasteiger partial charge in [0.1, 0.15) is 11.4 Å². The van der Waals surface area contributed by atoms with Gasteiger partial charge in [-0.3, -0.25) is 10.2 Å². The first-order valence-corrected chi connectivity index (χ1v) is 10.2. The molecule has 0 atom stereocenters. The quantitative estimate of drug-likeness (QED) is 0.590. The third-order valence-electron chi connectivity index (χ3n) is 4.97. The van der Waals surface area contributed by atoms with E-state index in [2.05, 4.69) is 0 Å². The minimum absolute atomic E-state index is 0.0822. The summed E-state index contributed by atoms with van der Waals surface area (Å²) in [4.78, 5) is 14.4. The summed E-state index contributed by atoms with van der Waals surface area (Å²) in [5.41, 5.74) is 3.37. The minimum atomic E-state index is -4.80. The van der Waals surface area contributed by atoms with Gasteiger partial charge in [-0.25, -0.2) is 0 Å². The maximum absolute atomic E-state index is 12.9. The van der Waals surface area contributed by atoms with Crippen LogP contribution in [-0.4, -0.2) is 40.9 Å². The van der Waals surface area contributed by atoms with Crippen molar-refractivity contribution in [2.75, 3.05) is 0 Å². The summed E-state index contributed by atoms with van der Waals surface area (Å²) < 4.78 is 44.0. The van der Waals surface area contributed by atoms with Crippen molar-refractivity contribution in [3.8, 4) is 0 Å². The number of carbonyl (C=O) groups excluding carboxylic acids is 1. The first-order chi connectivity index (χ1) is 14.0. The van der Waals surface area contributed by atoms with E-state index >= 15 is 0 Å². The Morgan fingerprint density at radius 1 is 1.30 bits per heavy atom. The van der Waals surface area contributed by atoms with E-state index in [-0.39, 0.29) is 24.8 Å². The molecule has 1 amide bonds. The fourth-order valence-corrected chi connectivity index (χ4v) is 3.70.